The van der Waals surface area contributed by atoms with E-state index in [1.165, 1.54) is 30.5 Å². The molecule has 0 atom stereocenters. The number of rotatable bonds is 4. The number of hydrogen-bond donors (Lipinski definition) is 1. The van der Waals surface area contributed by atoms with E-state index in [0.717, 1.165) is 6.07 Å². The third-order valence-corrected chi connectivity index (χ3v) is 2.55. The lowest BCUT2D eigenvalue weighted by molar-refractivity contribution is -0.385. The molecule has 0 aliphatic heterocycles. The second-order valence-corrected chi connectivity index (χ2v) is 4.09. The molecular formula is C12H7ClN2O5. The van der Waals surface area contributed by atoms with Gasteiger partial charge < -0.3 is 9.84 Å². The molecule has 2 rings (SSSR count). The molecule has 0 fully saturated rings. The van der Waals surface area contributed by atoms with Crippen molar-refractivity contribution in [1.29, 1.82) is 0 Å². The normalized spacial score (nSPS) is 10.1. The predicted octanol–water partition coefficient (Wildman–Crippen LogP) is 3.13. The lowest BCUT2D eigenvalue weighted by Gasteiger charge is -2.07. The first-order chi connectivity index (χ1) is 9.47. The molecule has 0 spiro atoms. The Kier molecular flexibility index (Phi) is 3.81. The van der Waals surface area contributed by atoms with Crippen LogP contribution < -0.4 is 4.74 Å². The van der Waals surface area contributed by atoms with Gasteiger partial charge in [-0.05, 0) is 18.2 Å². The van der Waals surface area contributed by atoms with Crippen molar-refractivity contribution in [3.8, 4) is 11.6 Å². The molecule has 2 aromatic rings. The highest BCUT2D eigenvalue weighted by molar-refractivity contribution is 6.31. The van der Waals surface area contributed by atoms with Crippen molar-refractivity contribution in [2.45, 2.75) is 0 Å². The van der Waals surface area contributed by atoms with Gasteiger partial charge in [0, 0.05) is 17.3 Å². The summed E-state index contributed by atoms with van der Waals surface area (Å²) in [7, 11) is 0. The number of aromatic carboxylic acids is 1. The van der Waals surface area contributed by atoms with Crippen LogP contribution in [0, 0.1) is 10.1 Å². The number of ether oxygens (including phenoxy) is 1. The van der Waals surface area contributed by atoms with E-state index in [0.29, 0.717) is 0 Å². The van der Waals surface area contributed by atoms with Crippen LogP contribution >= 0.6 is 11.6 Å². The Labute approximate surface area is 117 Å². The number of pyridine rings is 1. The van der Waals surface area contributed by atoms with Crippen molar-refractivity contribution in [3.05, 3.63) is 57.2 Å². The van der Waals surface area contributed by atoms with Crippen molar-refractivity contribution in [2.75, 3.05) is 0 Å². The summed E-state index contributed by atoms with van der Waals surface area (Å²) in [6, 6.07) is 6.32. The second-order valence-electron chi connectivity index (χ2n) is 3.66. The van der Waals surface area contributed by atoms with Crippen molar-refractivity contribution in [2.24, 2.45) is 0 Å². The van der Waals surface area contributed by atoms with Crippen LogP contribution in [-0.4, -0.2) is 21.0 Å². The van der Waals surface area contributed by atoms with Gasteiger partial charge in [0.15, 0.2) is 0 Å². The van der Waals surface area contributed by atoms with E-state index in [1.54, 1.807) is 0 Å². The maximum Gasteiger partial charge on any atom is 0.339 e. The van der Waals surface area contributed by atoms with Crippen LogP contribution in [0.15, 0.2) is 36.5 Å². The van der Waals surface area contributed by atoms with Gasteiger partial charge in [0.25, 0.3) is 5.69 Å². The Morgan fingerprint density at radius 1 is 1.35 bits per heavy atom. The lowest BCUT2D eigenvalue weighted by atomic mass is 10.2. The Morgan fingerprint density at radius 2 is 2.10 bits per heavy atom. The molecule has 1 N–H and O–H groups in total. The third kappa shape index (κ3) is 3.01. The van der Waals surface area contributed by atoms with Crippen molar-refractivity contribution < 1.29 is 19.6 Å². The maximum absolute atomic E-state index is 11.1. The molecule has 0 amide bonds. The summed E-state index contributed by atoms with van der Waals surface area (Å²) in [5.41, 5.74) is -0.369. The SMILES string of the molecule is O=C(O)c1cc(Cl)ccc1Oc1cc([N+](=O)[O-])ccn1. The molecule has 0 aliphatic carbocycles. The van der Waals surface area contributed by atoms with Crippen LogP contribution in [0.25, 0.3) is 0 Å². The van der Waals surface area contributed by atoms with Gasteiger partial charge in [-0.15, -0.1) is 0 Å². The lowest BCUT2D eigenvalue weighted by Crippen LogP contribution is -2.01. The fourth-order valence-electron chi connectivity index (χ4n) is 1.44. The van der Waals surface area contributed by atoms with E-state index in [9.17, 15) is 14.9 Å². The van der Waals surface area contributed by atoms with Crippen LogP contribution in [-0.2, 0) is 0 Å². The first-order valence-corrected chi connectivity index (χ1v) is 5.66. The molecule has 0 saturated heterocycles. The summed E-state index contributed by atoms with van der Waals surface area (Å²) >= 11 is 5.71. The zero-order chi connectivity index (χ0) is 14.7. The summed E-state index contributed by atoms with van der Waals surface area (Å²) in [4.78, 5) is 24.9. The number of carboxylic acids is 1. The third-order valence-electron chi connectivity index (χ3n) is 2.32. The minimum atomic E-state index is -1.23. The molecule has 0 saturated carbocycles. The first-order valence-electron chi connectivity index (χ1n) is 5.28. The van der Waals surface area contributed by atoms with Gasteiger partial charge in [-0.3, -0.25) is 10.1 Å². The van der Waals surface area contributed by atoms with E-state index in [2.05, 4.69) is 4.98 Å². The number of nitrogens with zero attached hydrogens (tertiary/aromatic N) is 2. The minimum Gasteiger partial charge on any atom is -0.478 e. The number of halogens is 1. The van der Waals surface area contributed by atoms with Crippen molar-refractivity contribution in [3.63, 3.8) is 0 Å². The molecule has 1 aromatic heterocycles. The van der Waals surface area contributed by atoms with E-state index < -0.39 is 10.9 Å². The largest absolute Gasteiger partial charge is 0.478 e. The van der Waals surface area contributed by atoms with Crippen LogP contribution in [0.3, 0.4) is 0 Å². The van der Waals surface area contributed by atoms with E-state index in [4.69, 9.17) is 21.4 Å². The van der Waals surface area contributed by atoms with Crippen LogP contribution in [0.4, 0.5) is 5.69 Å². The predicted molar refractivity (Wildman–Crippen MR) is 69.4 cm³/mol. The summed E-state index contributed by atoms with van der Waals surface area (Å²) in [6.45, 7) is 0. The Bertz CT molecular complexity index is 689. The van der Waals surface area contributed by atoms with Gasteiger partial charge in [-0.1, -0.05) is 11.6 Å². The number of nitro groups is 1. The minimum absolute atomic E-state index is 0.00472. The second kappa shape index (κ2) is 5.54. The Hall–Kier alpha value is -2.67. The highest BCUT2D eigenvalue weighted by Gasteiger charge is 2.15. The van der Waals surface area contributed by atoms with E-state index in [1.807, 2.05) is 0 Å². The molecule has 0 unspecified atom stereocenters. The topological polar surface area (TPSA) is 103 Å². The van der Waals surface area contributed by atoms with Crippen LogP contribution in [0.1, 0.15) is 10.4 Å². The molecule has 1 aromatic carbocycles. The smallest absolute Gasteiger partial charge is 0.339 e. The van der Waals surface area contributed by atoms with Crippen LogP contribution in [0.2, 0.25) is 5.02 Å². The Morgan fingerprint density at radius 3 is 2.75 bits per heavy atom. The highest BCUT2D eigenvalue weighted by Crippen LogP contribution is 2.28. The molecule has 8 heteroatoms. The maximum atomic E-state index is 11.1. The van der Waals surface area contributed by atoms with Gasteiger partial charge in [-0.25, -0.2) is 9.78 Å². The summed E-state index contributed by atoms with van der Waals surface area (Å²) < 4.78 is 5.26. The molecule has 20 heavy (non-hydrogen) atoms. The fraction of sp³-hybridized carbons (Fsp3) is 0. The molecule has 7 nitrogen and oxygen atoms in total. The summed E-state index contributed by atoms with van der Waals surface area (Å²) in [6.07, 6.45) is 1.20. The highest BCUT2D eigenvalue weighted by atomic mass is 35.5. The molecular weight excluding hydrogens is 288 g/mol. The zero-order valence-electron chi connectivity index (χ0n) is 9.82. The van der Waals surface area contributed by atoms with Gasteiger partial charge in [-0.2, -0.15) is 0 Å². The number of aromatic nitrogens is 1. The van der Waals surface area contributed by atoms with Gasteiger partial charge in [0.05, 0.1) is 11.0 Å². The van der Waals surface area contributed by atoms with Gasteiger partial charge in [0.2, 0.25) is 5.88 Å². The average molecular weight is 295 g/mol. The average Bonchev–Trinajstić information content (AvgIpc) is 2.41. The Balaban J connectivity index is 2.37. The summed E-state index contributed by atoms with van der Waals surface area (Å²) in [5, 5.41) is 19.9. The number of carbonyl (C=O) groups is 1. The quantitative estimate of drug-likeness (QED) is 0.686. The number of hydrogen-bond acceptors (Lipinski definition) is 5. The first kappa shape index (κ1) is 13.8. The monoisotopic (exact) mass is 294 g/mol. The fourth-order valence-corrected chi connectivity index (χ4v) is 1.61. The van der Waals surface area contributed by atoms with Crippen molar-refractivity contribution >= 4 is 23.3 Å². The van der Waals surface area contributed by atoms with Crippen molar-refractivity contribution in [1.82, 2.24) is 4.98 Å². The van der Waals surface area contributed by atoms with Gasteiger partial charge in [0.1, 0.15) is 11.3 Å². The molecule has 1 heterocycles. The molecule has 0 radical (unpaired) electrons. The van der Waals surface area contributed by atoms with Crippen LogP contribution in [0.5, 0.6) is 11.6 Å². The standard InChI is InChI=1S/C12H7ClN2O5/c13-7-1-2-10(9(5-7)12(16)17)20-11-6-8(15(18)19)3-4-14-11/h1-6H,(H,16,17). The zero-order valence-corrected chi connectivity index (χ0v) is 10.6. The van der Waals surface area contributed by atoms with Gasteiger partial charge >= 0.3 is 5.97 Å². The molecule has 102 valence electrons. The molecule has 0 aliphatic rings. The van der Waals surface area contributed by atoms with E-state index >= 15 is 0 Å². The number of benzene rings is 1. The summed E-state index contributed by atoms with van der Waals surface area (Å²) in [5.74, 6) is -1.31. The number of carboxylic acid groups (broad SMARTS) is 1. The van der Waals surface area contributed by atoms with E-state index in [-0.39, 0.29) is 27.9 Å². The molecule has 0 bridgehead atoms.